The molecule has 0 spiro atoms. The lowest BCUT2D eigenvalue weighted by Crippen LogP contribution is -2.47. The van der Waals surface area contributed by atoms with E-state index in [0.717, 1.165) is 43.9 Å². The van der Waals surface area contributed by atoms with E-state index in [1.807, 2.05) is 44.4 Å². The van der Waals surface area contributed by atoms with Gasteiger partial charge in [-0.1, -0.05) is 0 Å². The minimum atomic E-state index is -1.11. The zero-order chi connectivity index (χ0) is 24.7. The van der Waals surface area contributed by atoms with E-state index in [1.165, 1.54) is 5.56 Å². The van der Waals surface area contributed by atoms with Gasteiger partial charge in [0.05, 0.1) is 18.0 Å². The second-order valence-electron chi connectivity index (χ2n) is 9.08. The Hall–Kier alpha value is -2.97. The SMILES string of the molecule is CCN1C(=O)C(C)(C)C(=O)N(C)c2cc(OCCCNCc3ccnc(CCNC)c3)ccc21. The van der Waals surface area contributed by atoms with Crippen molar-refractivity contribution in [3.05, 3.63) is 47.8 Å². The number of pyridine rings is 1. The number of benzene rings is 1. The number of ether oxygens (including phenoxy) is 1. The Morgan fingerprint density at radius 1 is 1.06 bits per heavy atom. The first-order chi connectivity index (χ1) is 16.3. The summed E-state index contributed by atoms with van der Waals surface area (Å²) in [5, 5.41) is 6.59. The molecule has 0 aliphatic carbocycles. The molecule has 0 unspecified atom stereocenters. The van der Waals surface area contributed by atoms with Crippen LogP contribution < -0.4 is 25.2 Å². The molecule has 1 aliphatic rings. The van der Waals surface area contributed by atoms with Crippen LogP contribution in [0.1, 0.15) is 38.4 Å². The lowest BCUT2D eigenvalue weighted by Gasteiger charge is -2.27. The summed E-state index contributed by atoms with van der Waals surface area (Å²) in [5.41, 5.74) is 2.62. The van der Waals surface area contributed by atoms with Gasteiger partial charge >= 0.3 is 0 Å². The number of carbonyl (C=O) groups is 2. The molecule has 3 rings (SSSR count). The van der Waals surface area contributed by atoms with Crippen LogP contribution >= 0.6 is 0 Å². The number of amides is 2. The van der Waals surface area contributed by atoms with Gasteiger partial charge in [0.15, 0.2) is 0 Å². The molecule has 2 heterocycles. The fourth-order valence-electron chi connectivity index (χ4n) is 4.12. The summed E-state index contributed by atoms with van der Waals surface area (Å²) >= 11 is 0. The predicted octanol–water partition coefficient (Wildman–Crippen LogP) is 2.76. The molecule has 0 saturated carbocycles. The smallest absolute Gasteiger partial charge is 0.242 e. The molecule has 1 aliphatic heterocycles. The van der Waals surface area contributed by atoms with Gasteiger partial charge in [-0.3, -0.25) is 14.6 Å². The van der Waals surface area contributed by atoms with Gasteiger partial charge in [0.1, 0.15) is 11.2 Å². The van der Waals surface area contributed by atoms with Crippen molar-refractivity contribution < 1.29 is 14.3 Å². The van der Waals surface area contributed by atoms with E-state index in [1.54, 1.807) is 30.7 Å². The van der Waals surface area contributed by atoms with Crippen LogP contribution in [0.15, 0.2) is 36.5 Å². The van der Waals surface area contributed by atoms with E-state index in [0.29, 0.717) is 24.6 Å². The molecule has 0 saturated heterocycles. The fourth-order valence-corrected chi connectivity index (χ4v) is 4.12. The highest BCUT2D eigenvalue weighted by atomic mass is 16.5. The summed E-state index contributed by atoms with van der Waals surface area (Å²) in [6.45, 7) is 8.86. The first-order valence-electron chi connectivity index (χ1n) is 12.0. The maximum absolute atomic E-state index is 13.0. The molecule has 8 nitrogen and oxygen atoms in total. The van der Waals surface area contributed by atoms with Gasteiger partial charge in [-0.15, -0.1) is 0 Å². The molecule has 34 heavy (non-hydrogen) atoms. The van der Waals surface area contributed by atoms with Crippen LogP contribution in [-0.2, 0) is 22.6 Å². The summed E-state index contributed by atoms with van der Waals surface area (Å²) < 4.78 is 5.96. The molecule has 2 amide bonds. The first kappa shape index (κ1) is 25.6. The number of anilines is 2. The largest absolute Gasteiger partial charge is 0.493 e. The minimum absolute atomic E-state index is 0.186. The van der Waals surface area contributed by atoms with E-state index >= 15 is 0 Å². The van der Waals surface area contributed by atoms with Crippen LogP contribution in [0.3, 0.4) is 0 Å². The van der Waals surface area contributed by atoms with Crippen molar-refractivity contribution >= 4 is 23.2 Å². The number of carbonyl (C=O) groups excluding carboxylic acids is 2. The molecule has 2 aromatic rings. The van der Waals surface area contributed by atoms with Crippen LogP contribution in [0.25, 0.3) is 0 Å². The van der Waals surface area contributed by atoms with Gasteiger partial charge in [0.25, 0.3) is 0 Å². The Morgan fingerprint density at radius 2 is 1.85 bits per heavy atom. The van der Waals surface area contributed by atoms with Gasteiger partial charge in [-0.25, -0.2) is 0 Å². The second-order valence-corrected chi connectivity index (χ2v) is 9.08. The third-order valence-corrected chi connectivity index (χ3v) is 6.14. The first-order valence-corrected chi connectivity index (χ1v) is 12.0. The van der Waals surface area contributed by atoms with Crippen LogP contribution in [0.5, 0.6) is 5.75 Å². The molecule has 184 valence electrons. The Balaban J connectivity index is 1.54. The topological polar surface area (TPSA) is 86.8 Å². The number of nitrogens with zero attached hydrogens (tertiary/aromatic N) is 3. The van der Waals surface area contributed by atoms with Crippen molar-refractivity contribution in [2.24, 2.45) is 5.41 Å². The molecule has 8 heteroatoms. The minimum Gasteiger partial charge on any atom is -0.493 e. The zero-order valence-electron chi connectivity index (χ0n) is 21.0. The summed E-state index contributed by atoms with van der Waals surface area (Å²) in [7, 11) is 3.66. The molecule has 0 bridgehead atoms. The molecule has 0 radical (unpaired) electrons. The van der Waals surface area contributed by atoms with E-state index in [2.05, 4.69) is 21.7 Å². The number of aromatic nitrogens is 1. The molecular weight excluding hydrogens is 430 g/mol. The lowest BCUT2D eigenvalue weighted by molar-refractivity contribution is -0.137. The Kier molecular flexibility index (Phi) is 8.63. The van der Waals surface area contributed by atoms with E-state index in [-0.39, 0.29) is 11.8 Å². The second kappa shape index (κ2) is 11.4. The molecule has 1 aromatic heterocycles. The third kappa shape index (κ3) is 5.74. The lowest BCUT2D eigenvalue weighted by atomic mass is 9.90. The molecule has 1 aromatic carbocycles. The third-order valence-electron chi connectivity index (χ3n) is 6.14. The zero-order valence-corrected chi connectivity index (χ0v) is 21.0. The quantitative estimate of drug-likeness (QED) is 0.390. The Labute approximate surface area is 202 Å². The standard InChI is InChI=1S/C26H37N5O3/c1-6-31-22-9-8-21(17-23(22)30(5)24(32)26(2,3)25(31)33)34-15-7-12-28-18-19-10-14-29-20(16-19)11-13-27-4/h8-10,14,16-17,27-28H,6-7,11-13,15,18H2,1-5H3. The fraction of sp³-hybridized carbons (Fsp3) is 0.500. The van der Waals surface area contributed by atoms with E-state index < -0.39 is 5.41 Å². The maximum atomic E-state index is 13.0. The van der Waals surface area contributed by atoms with E-state index in [9.17, 15) is 9.59 Å². The van der Waals surface area contributed by atoms with Gasteiger partial charge in [0, 0.05) is 51.1 Å². The molecule has 0 atom stereocenters. The van der Waals surface area contributed by atoms with Crippen LogP contribution in [0.4, 0.5) is 11.4 Å². The summed E-state index contributed by atoms with van der Waals surface area (Å²) in [5.74, 6) is 0.278. The van der Waals surface area contributed by atoms with Crippen molar-refractivity contribution in [2.45, 2.75) is 40.2 Å². The van der Waals surface area contributed by atoms with Crippen molar-refractivity contribution in [1.82, 2.24) is 15.6 Å². The predicted molar refractivity (Wildman–Crippen MR) is 135 cm³/mol. The number of nitrogens with one attached hydrogen (secondary N) is 2. The Bertz CT molecular complexity index is 1010. The van der Waals surface area contributed by atoms with Crippen molar-refractivity contribution in [2.75, 3.05) is 50.1 Å². The summed E-state index contributed by atoms with van der Waals surface area (Å²) in [6, 6.07) is 9.75. The number of hydrogen-bond acceptors (Lipinski definition) is 6. The summed E-state index contributed by atoms with van der Waals surface area (Å²) in [6.07, 6.45) is 3.62. The van der Waals surface area contributed by atoms with Crippen LogP contribution in [0.2, 0.25) is 0 Å². The normalized spacial score (nSPS) is 15.3. The molecule has 0 fully saturated rings. The van der Waals surface area contributed by atoms with Crippen LogP contribution in [-0.4, -0.2) is 57.1 Å². The van der Waals surface area contributed by atoms with Crippen molar-refractivity contribution in [3.8, 4) is 5.75 Å². The average molecular weight is 468 g/mol. The van der Waals surface area contributed by atoms with Crippen molar-refractivity contribution in [3.63, 3.8) is 0 Å². The molecular formula is C26H37N5O3. The van der Waals surface area contributed by atoms with Gasteiger partial charge in [-0.2, -0.15) is 0 Å². The van der Waals surface area contributed by atoms with Gasteiger partial charge in [0.2, 0.25) is 11.8 Å². The highest BCUT2D eigenvalue weighted by Crippen LogP contribution is 2.40. The number of hydrogen-bond donors (Lipinski definition) is 2. The number of likely N-dealkylation sites (N-methyl/N-ethyl adjacent to an activating group) is 1. The van der Waals surface area contributed by atoms with Crippen molar-refractivity contribution in [1.29, 1.82) is 0 Å². The van der Waals surface area contributed by atoms with E-state index in [4.69, 9.17) is 4.74 Å². The van der Waals surface area contributed by atoms with Crippen LogP contribution in [0, 0.1) is 5.41 Å². The summed E-state index contributed by atoms with van der Waals surface area (Å²) in [4.78, 5) is 33.6. The monoisotopic (exact) mass is 467 g/mol. The maximum Gasteiger partial charge on any atom is 0.242 e. The van der Waals surface area contributed by atoms with Gasteiger partial charge < -0.3 is 25.2 Å². The highest BCUT2D eigenvalue weighted by molar-refractivity contribution is 6.20. The number of rotatable bonds is 11. The molecule has 2 N–H and O–H groups in total. The number of fused-ring (bicyclic) bond motifs is 1. The van der Waals surface area contributed by atoms with Gasteiger partial charge in [-0.05, 0) is 70.6 Å². The Morgan fingerprint density at radius 3 is 2.59 bits per heavy atom. The average Bonchev–Trinajstić information content (AvgIpc) is 2.89. The highest BCUT2D eigenvalue weighted by Gasteiger charge is 2.45.